The molecule has 1 aliphatic rings. The number of halogens is 1. The molecule has 0 unspecified atom stereocenters. The van der Waals surface area contributed by atoms with E-state index in [0.717, 1.165) is 30.4 Å². The number of nitrogens with two attached hydrogens (primary N) is 1. The van der Waals surface area contributed by atoms with Crippen molar-refractivity contribution in [1.29, 1.82) is 0 Å². The van der Waals surface area contributed by atoms with Crippen LogP contribution in [0, 0.1) is 0 Å². The fourth-order valence-corrected chi connectivity index (χ4v) is 3.10. The van der Waals surface area contributed by atoms with Crippen LogP contribution >= 0.6 is 23.4 Å². The van der Waals surface area contributed by atoms with Gasteiger partial charge in [-0.15, -0.1) is 10.2 Å². The first-order valence-corrected chi connectivity index (χ1v) is 7.31. The van der Waals surface area contributed by atoms with Crippen LogP contribution in [0.15, 0.2) is 16.4 Å². The van der Waals surface area contributed by atoms with Crippen molar-refractivity contribution >= 4 is 29.1 Å². The van der Waals surface area contributed by atoms with E-state index in [1.165, 1.54) is 30.8 Å². The van der Waals surface area contributed by atoms with Crippen molar-refractivity contribution in [2.24, 2.45) is 0 Å². The molecular weight excluding hydrogens is 284 g/mol. The number of nitrogen functional groups attached to an aromatic ring is 1. The van der Waals surface area contributed by atoms with E-state index in [1.807, 2.05) is 0 Å². The largest absolute Gasteiger partial charge is 0.395 e. The Labute approximate surface area is 119 Å². The molecule has 2 aromatic heterocycles. The van der Waals surface area contributed by atoms with Gasteiger partial charge in [0.05, 0.1) is 11.9 Å². The highest BCUT2D eigenvalue weighted by Crippen LogP contribution is 2.31. The van der Waals surface area contributed by atoms with Gasteiger partial charge in [0, 0.05) is 13.0 Å². The highest BCUT2D eigenvalue weighted by atomic mass is 35.5. The van der Waals surface area contributed by atoms with E-state index in [9.17, 15) is 0 Å². The van der Waals surface area contributed by atoms with Gasteiger partial charge in [-0.25, -0.2) is 9.97 Å². The molecule has 2 aromatic rings. The number of rotatable bonds is 2. The maximum absolute atomic E-state index is 5.85. The standard InChI is InChI=1S/C11H13ClN6S/c12-10-14-6-7(13)9(15-10)19-11-17-16-8-4-2-1-3-5-18(8)11/h6H,1-5,13H2. The number of nitrogens with zero attached hydrogens (tertiary/aromatic N) is 5. The average molecular weight is 297 g/mol. The Morgan fingerprint density at radius 2 is 2.16 bits per heavy atom. The van der Waals surface area contributed by atoms with Gasteiger partial charge in [0.25, 0.3) is 0 Å². The molecule has 3 heterocycles. The van der Waals surface area contributed by atoms with Crippen LogP contribution in [0.3, 0.4) is 0 Å². The Morgan fingerprint density at radius 1 is 1.26 bits per heavy atom. The SMILES string of the molecule is Nc1cnc(Cl)nc1Sc1nnc2n1CCCCC2. The first-order chi connectivity index (χ1) is 9.24. The molecule has 8 heteroatoms. The minimum Gasteiger partial charge on any atom is -0.395 e. The van der Waals surface area contributed by atoms with Gasteiger partial charge in [-0.1, -0.05) is 6.42 Å². The Kier molecular flexibility index (Phi) is 3.56. The van der Waals surface area contributed by atoms with E-state index < -0.39 is 0 Å². The van der Waals surface area contributed by atoms with Crippen molar-refractivity contribution in [3.05, 3.63) is 17.3 Å². The highest BCUT2D eigenvalue weighted by molar-refractivity contribution is 7.99. The van der Waals surface area contributed by atoms with Gasteiger partial charge < -0.3 is 10.3 Å². The smallest absolute Gasteiger partial charge is 0.223 e. The number of anilines is 1. The third-order valence-corrected chi connectivity index (χ3v) is 4.20. The summed E-state index contributed by atoms with van der Waals surface area (Å²) >= 11 is 7.18. The predicted molar refractivity (Wildman–Crippen MR) is 73.2 cm³/mol. The average Bonchev–Trinajstić information content (AvgIpc) is 2.62. The summed E-state index contributed by atoms with van der Waals surface area (Å²) in [6.07, 6.45) is 6.04. The maximum atomic E-state index is 5.85. The first kappa shape index (κ1) is 12.7. The van der Waals surface area contributed by atoms with Crippen LogP contribution in [0.25, 0.3) is 0 Å². The van der Waals surface area contributed by atoms with E-state index in [0.29, 0.717) is 10.7 Å². The van der Waals surface area contributed by atoms with Crippen molar-refractivity contribution in [3.63, 3.8) is 0 Å². The van der Waals surface area contributed by atoms with Crippen molar-refractivity contribution < 1.29 is 0 Å². The van der Waals surface area contributed by atoms with Gasteiger partial charge >= 0.3 is 0 Å². The van der Waals surface area contributed by atoms with Crippen molar-refractivity contribution in [2.75, 3.05) is 5.73 Å². The summed E-state index contributed by atoms with van der Waals surface area (Å²) in [5, 5.41) is 10.1. The van der Waals surface area contributed by atoms with Gasteiger partial charge in [0.1, 0.15) is 10.9 Å². The van der Waals surface area contributed by atoms with E-state index in [2.05, 4.69) is 24.7 Å². The van der Waals surface area contributed by atoms with Crippen LogP contribution in [-0.2, 0) is 13.0 Å². The number of aromatic nitrogens is 5. The lowest BCUT2D eigenvalue weighted by molar-refractivity contribution is 0.590. The normalized spacial score (nSPS) is 15.0. The van der Waals surface area contributed by atoms with Crippen LogP contribution in [-0.4, -0.2) is 24.7 Å². The number of hydrogen-bond donors (Lipinski definition) is 1. The molecule has 0 radical (unpaired) electrons. The van der Waals surface area contributed by atoms with Crippen LogP contribution in [0.2, 0.25) is 5.28 Å². The van der Waals surface area contributed by atoms with E-state index in [4.69, 9.17) is 17.3 Å². The summed E-state index contributed by atoms with van der Waals surface area (Å²) in [5.41, 5.74) is 6.35. The molecule has 2 N–H and O–H groups in total. The summed E-state index contributed by atoms with van der Waals surface area (Å²) in [7, 11) is 0. The quantitative estimate of drug-likeness (QED) is 0.675. The zero-order valence-electron chi connectivity index (χ0n) is 10.2. The fourth-order valence-electron chi connectivity index (χ4n) is 2.06. The zero-order chi connectivity index (χ0) is 13.2. The van der Waals surface area contributed by atoms with Crippen LogP contribution in [0.4, 0.5) is 5.69 Å². The molecule has 0 spiro atoms. The Morgan fingerprint density at radius 3 is 3.05 bits per heavy atom. The molecule has 0 atom stereocenters. The molecule has 100 valence electrons. The van der Waals surface area contributed by atoms with Crippen LogP contribution < -0.4 is 5.73 Å². The Hall–Kier alpha value is -1.34. The lowest BCUT2D eigenvalue weighted by Gasteiger charge is -2.07. The van der Waals surface area contributed by atoms with E-state index >= 15 is 0 Å². The van der Waals surface area contributed by atoms with Gasteiger partial charge in [-0.3, -0.25) is 0 Å². The van der Waals surface area contributed by atoms with Gasteiger partial charge in [-0.2, -0.15) is 0 Å². The first-order valence-electron chi connectivity index (χ1n) is 6.12. The zero-order valence-corrected chi connectivity index (χ0v) is 11.8. The van der Waals surface area contributed by atoms with Gasteiger partial charge in [-0.05, 0) is 36.2 Å². The summed E-state index contributed by atoms with van der Waals surface area (Å²) in [5.74, 6) is 1.04. The van der Waals surface area contributed by atoms with Crippen molar-refractivity contribution in [3.8, 4) is 0 Å². The molecular formula is C11H13ClN6S. The molecule has 3 rings (SSSR count). The third kappa shape index (κ3) is 2.66. The fraction of sp³-hybridized carbons (Fsp3) is 0.455. The lowest BCUT2D eigenvalue weighted by Crippen LogP contribution is -2.03. The van der Waals surface area contributed by atoms with Crippen LogP contribution in [0.5, 0.6) is 0 Å². The molecule has 0 saturated heterocycles. The minimum absolute atomic E-state index is 0.187. The van der Waals surface area contributed by atoms with Crippen LogP contribution in [0.1, 0.15) is 25.1 Å². The van der Waals surface area contributed by atoms with Gasteiger partial charge in [0.2, 0.25) is 5.28 Å². The number of hydrogen-bond acceptors (Lipinski definition) is 6. The second-order valence-electron chi connectivity index (χ2n) is 4.36. The Balaban J connectivity index is 1.91. The maximum Gasteiger partial charge on any atom is 0.223 e. The van der Waals surface area contributed by atoms with E-state index in [1.54, 1.807) is 0 Å². The van der Waals surface area contributed by atoms with Crippen molar-refractivity contribution in [2.45, 2.75) is 42.4 Å². The second kappa shape index (κ2) is 5.34. The predicted octanol–water partition coefficient (Wildman–Crippen LogP) is 2.18. The molecule has 6 nitrogen and oxygen atoms in total. The highest BCUT2D eigenvalue weighted by Gasteiger charge is 2.17. The van der Waals surface area contributed by atoms with Crippen molar-refractivity contribution in [1.82, 2.24) is 24.7 Å². The number of fused-ring (bicyclic) bond motifs is 1. The molecule has 0 aliphatic carbocycles. The molecule has 0 bridgehead atoms. The minimum atomic E-state index is 0.187. The monoisotopic (exact) mass is 296 g/mol. The summed E-state index contributed by atoms with van der Waals surface area (Å²) in [6.45, 7) is 0.948. The summed E-state index contributed by atoms with van der Waals surface area (Å²) < 4.78 is 2.15. The van der Waals surface area contributed by atoms with E-state index in [-0.39, 0.29) is 5.28 Å². The summed E-state index contributed by atoms with van der Waals surface area (Å²) in [4.78, 5) is 7.98. The second-order valence-corrected chi connectivity index (χ2v) is 5.66. The molecule has 0 fully saturated rings. The molecule has 0 aromatic carbocycles. The number of aryl methyl sites for hydroxylation is 1. The topological polar surface area (TPSA) is 82.5 Å². The Bertz CT molecular complexity index is 599. The molecule has 19 heavy (non-hydrogen) atoms. The lowest BCUT2D eigenvalue weighted by atomic mass is 10.2. The molecule has 1 aliphatic heterocycles. The molecule has 0 saturated carbocycles. The van der Waals surface area contributed by atoms with Gasteiger partial charge in [0.15, 0.2) is 5.16 Å². The third-order valence-electron chi connectivity index (χ3n) is 3.01. The summed E-state index contributed by atoms with van der Waals surface area (Å²) in [6, 6.07) is 0. The molecule has 0 amide bonds.